The highest BCUT2D eigenvalue weighted by Crippen LogP contribution is 2.21. The Morgan fingerprint density at radius 3 is 2.68 bits per heavy atom. The SMILES string of the molecule is COc1ccc(N2CCCN(C(=O)CCn3cnc4ccc(Br)cc4c3=O)CC2)cc1. The van der Waals surface area contributed by atoms with Crippen molar-refractivity contribution in [3.63, 3.8) is 0 Å². The highest BCUT2D eigenvalue weighted by molar-refractivity contribution is 9.10. The van der Waals surface area contributed by atoms with Crippen LogP contribution in [0.15, 0.2) is 58.1 Å². The minimum Gasteiger partial charge on any atom is -0.497 e. The average Bonchev–Trinajstić information content (AvgIpc) is 3.05. The summed E-state index contributed by atoms with van der Waals surface area (Å²) in [4.78, 5) is 34.1. The number of rotatable bonds is 5. The van der Waals surface area contributed by atoms with Crippen LogP contribution in [0, 0.1) is 0 Å². The zero-order valence-corrected chi connectivity index (χ0v) is 19.0. The van der Waals surface area contributed by atoms with Crippen molar-refractivity contribution in [2.24, 2.45) is 0 Å². The molecule has 0 aliphatic carbocycles. The number of aromatic nitrogens is 2. The number of aryl methyl sites for hydroxylation is 1. The normalized spacial score (nSPS) is 14.5. The molecule has 31 heavy (non-hydrogen) atoms. The molecular weight excluding hydrogens is 460 g/mol. The Bertz CT molecular complexity index is 1130. The van der Waals surface area contributed by atoms with Crippen LogP contribution < -0.4 is 15.2 Å². The lowest BCUT2D eigenvalue weighted by atomic mass is 10.2. The van der Waals surface area contributed by atoms with Gasteiger partial charge in [-0.25, -0.2) is 4.98 Å². The molecule has 0 bridgehead atoms. The molecule has 2 heterocycles. The second-order valence-corrected chi connectivity index (χ2v) is 8.49. The lowest BCUT2D eigenvalue weighted by Gasteiger charge is -2.24. The summed E-state index contributed by atoms with van der Waals surface area (Å²) in [7, 11) is 1.66. The summed E-state index contributed by atoms with van der Waals surface area (Å²) in [5, 5.41) is 0.550. The van der Waals surface area contributed by atoms with Crippen LogP contribution in [0.3, 0.4) is 0 Å². The number of ether oxygens (including phenoxy) is 1. The lowest BCUT2D eigenvalue weighted by Crippen LogP contribution is -2.36. The Morgan fingerprint density at radius 2 is 1.90 bits per heavy atom. The van der Waals surface area contributed by atoms with Crippen LogP contribution in [0.25, 0.3) is 10.9 Å². The van der Waals surface area contributed by atoms with Crippen LogP contribution >= 0.6 is 15.9 Å². The van der Waals surface area contributed by atoms with E-state index in [0.717, 1.165) is 42.0 Å². The number of carbonyl (C=O) groups excluding carboxylic acids is 1. The molecule has 3 aromatic rings. The number of hydrogen-bond donors (Lipinski definition) is 0. The van der Waals surface area contributed by atoms with Crippen molar-refractivity contribution in [1.29, 1.82) is 0 Å². The molecular formula is C23H25BrN4O3. The van der Waals surface area contributed by atoms with E-state index < -0.39 is 0 Å². The Labute approximate surface area is 189 Å². The number of benzene rings is 2. The molecule has 7 nitrogen and oxygen atoms in total. The minimum atomic E-state index is -0.124. The summed E-state index contributed by atoms with van der Waals surface area (Å²) in [6.07, 6.45) is 2.71. The number of fused-ring (bicyclic) bond motifs is 1. The van der Waals surface area contributed by atoms with Gasteiger partial charge < -0.3 is 14.5 Å². The zero-order valence-electron chi connectivity index (χ0n) is 17.5. The van der Waals surface area contributed by atoms with E-state index in [1.165, 1.54) is 10.9 Å². The van der Waals surface area contributed by atoms with E-state index in [9.17, 15) is 9.59 Å². The first-order valence-corrected chi connectivity index (χ1v) is 11.2. The standard InChI is InChI=1S/C23H25BrN4O3/c1-31-19-6-4-18(5-7-19)26-10-2-11-27(14-13-26)22(29)9-12-28-16-25-21-8-3-17(24)15-20(21)23(28)30/h3-8,15-16H,2,9-14H2,1H3. The summed E-state index contributed by atoms with van der Waals surface area (Å²) in [6, 6.07) is 13.4. The van der Waals surface area contributed by atoms with Gasteiger partial charge in [-0.15, -0.1) is 0 Å². The number of amides is 1. The van der Waals surface area contributed by atoms with E-state index in [1.54, 1.807) is 13.2 Å². The molecule has 0 atom stereocenters. The molecule has 0 saturated carbocycles. The van der Waals surface area contributed by atoms with Crippen LogP contribution in [0.4, 0.5) is 5.69 Å². The molecule has 4 rings (SSSR count). The second kappa shape index (κ2) is 9.51. The fraction of sp³-hybridized carbons (Fsp3) is 0.348. The molecule has 1 fully saturated rings. The fourth-order valence-corrected chi connectivity index (χ4v) is 4.24. The van der Waals surface area contributed by atoms with E-state index >= 15 is 0 Å². The maximum atomic E-state index is 12.8. The van der Waals surface area contributed by atoms with Crippen molar-refractivity contribution < 1.29 is 9.53 Å². The van der Waals surface area contributed by atoms with E-state index in [1.807, 2.05) is 41.3 Å². The van der Waals surface area contributed by atoms with Gasteiger partial charge in [0.15, 0.2) is 0 Å². The van der Waals surface area contributed by atoms with Gasteiger partial charge in [-0.05, 0) is 48.9 Å². The smallest absolute Gasteiger partial charge is 0.261 e. The molecule has 1 aliphatic rings. The molecule has 8 heteroatoms. The maximum absolute atomic E-state index is 12.8. The molecule has 0 N–H and O–H groups in total. The summed E-state index contributed by atoms with van der Waals surface area (Å²) in [5.41, 5.74) is 1.66. The van der Waals surface area contributed by atoms with Crippen molar-refractivity contribution >= 4 is 38.4 Å². The highest BCUT2D eigenvalue weighted by Gasteiger charge is 2.19. The van der Waals surface area contributed by atoms with Gasteiger partial charge in [-0.3, -0.25) is 14.2 Å². The van der Waals surface area contributed by atoms with Gasteiger partial charge in [-0.1, -0.05) is 15.9 Å². The highest BCUT2D eigenvalue weighted by atomic mass is 79.9. The van der Waals surface area contributed by atoms with Crippen LogP contribution in [0.2, 0.25) is 0 Å². The van der Waals surface area contributed by atoms with Crippen LogP contribution in [-0.2, 0) is 11.3 Å². The molecule has 2 aromatic carbocycles. The summed E-state index contributed by atoms with van der Waals surface area (Å²) in [5.74, 6) is 0.902. The van der Waals surface area contributed by atoms with Gasteiger partial charge in [-0.2, -0.15) is 0 Å². The summed E-state index contributed by atoms with van der Waals surface area (Å²) in [6.45, 7) is 3.40. The van der Waals surface area contributed by atoms with Gasteiger partial charge in [0.2, 0.25) is 5.91 Å². The Hall–Kier alpha value is -2.87. The van der Waals surface area contributed by atoms with Crippen molar-refractivity contribution in [1.82, 2.24) is 14.5 Å². The quantitative estimate of drug-likeness (QED) is 0.555. The molecule has 0 radical (unpaired) electrons. The number of halogens is 1. The van der Waals surface area contributed by atoms with Gasteiger partial charge in [0, 0.05) is 49.3 Å². The van der Waals surface area contributed by atoms with E-state index in [-0.39, 0.29) is 17.9 Å². The fourth-order valence-electron chi connectivity index (χ4n) is 3.88. The first-order chi connectivity index (χ1) is 15.0. The largest absolute Gasteiger partial charge is 0.497 e. The van der Waals surface area contributed by atoms with E-state index in [0.29, 0.717) is 24.0 Å². The van der Waals surface area contributed by atoms with Gasteiger partial charge in [0.05, 0.1) is 24.3 Å². The van der Waals surface area contributed by atoms with Crippen molar-refractivity contribution in [3.05, 3.63) is 63.6 Å². The summed E-state index contributed by atoms with van der Waals surface area (Å²) >= 11 is 3.39. The summed E-state index contributed by atoms with van der Waals surface area (Å²) < 4.78 is 7.58. The molecule has 1 amide bonds. The third-order valence-electron chi connectivity index (χ3n) is 5.64. The first-order valence-electron chi connectivity index (χ1n) is 10.4. The third-order valence-corrected chi connectivity index (χ3v) is 6.13. The molecule has 0 spiro atoms. The second-order valence-electron chi connectivity index (χ2n) is 7.57. The number of carbonyl (C=O) groups is 1. The first kappa shape index (κ1) is 21.4. The number of methoxy groups -OCH3 is 1. The molecule has 1 aliphatic heterocycles. The average molecular weight is 485 g/mol. The number of hydrogen-bond acceptors (Lipinski definition) is 5. The van der Waals surface area contributed by atoms with Gasteiger partial charge >= 0.3 is 0 Å². The van der Waals surface area contributed by atoms with Gasteiger partial charge in [0.1, 0.15) is 5.75 Å². The van der Waals surface area contributed by atoms with Crippen molar-refractivity contribution in [2.45, 2.75) is 19.4 Å². The zero-order chi connectivity index (χ0) is 21.8. The van der Waals surface area contributed by atoms with E-state index in [2.05, 4.69) is 25.8 Å². The topological polar surface area (TPSA) is 67.7 Å². The van der Waals surface area contributed by atoms with Crippen LogP contribution in [0.5, 0.6) is 5.75 Å². The Kier molecular flexibility index (Phi) is 6.56. The van der Waals surface area contributed by atoms with Crippen molar-refractivity contribution in [2.75, 3.05) is 38.2 Å². The van der Waals surface area contributed by atoms with Crippen LogP contribution in [0.1, 0.15) is 12.8 Å². The predicted octanol–water partition coefficient (Wildman–Crippen LogP) is 3.30. The molecule has 1 saturated heterocycles. The monoisotopic (exact) mass is 484 g/mol. The van der Waals surface area contributed by atoms with Crippen LogP contribution in [-0.4, -0.2) is 53.6 Å². The molecule has 1 aromatic heterocycles. The third kappa shape index (κ3) is 4.90. The van der Waals surface area contributed by atoms with Gasteiger partial charge in [0.25, 0.3) is 5.56 Å². The lowest BCUT2D eigenvalue weighted by molar-refractivity contribution is -0.131. The number of nitrogens with zero attached hydrogens (tertiary/aromatic N) is 4. The maximum Gasteiger partial charge on any atom is 0.261 e. The molecule has 162 valence electrons. The van der Waals surface area contributed by atoms with E-state index in [4.69, 9.17) is 4.74 Å². The predicted molar refractivity (Wildman–Crippen MR) is 125 cm³/mol. The molecule has 0 unspecified atom stereocenters. The Balaban J connectivity index is 1.37. The Morgan fingerprint density at radius 1 is 1.10 bits per heavy atom. The number of anilines is 1. The van der Waals surface area contributed by atoms with Crippen molar-refractivity contribution in [3.8, 4) is 5.75 Å². The minimum absolute atomic E-state index is 0.0674.